The van der Waals surface area contributed by atoms with E-state index in [-0.39, 0.29) is 18.0 Å². The van der Waals surface area contributed by atoms with E-state index in [1.807, 2.05) is 13.8 Å². The van der Waals surface area contributed by atoms with Crippen molar-refractivity contribution < 1.29 is 94.9 Å². The Morgan fingerprint density at radius 2 is 0.284 bits per heavy atom. The molecule has 141 heavy (non-hydrogen) atoms. The molecule has 0 saturated carbocycles. The summed E-state index contributed by atoms with van der Waals surface area (Å²) in [4.78, 5) is 27.0. The van der Waals surface area contributed by atoms with Crippen LogP contribution in [-0.2, 0) is 133 Å². The molecule has 1 aliphatic heterocycles. The molecule has 0 bridgehead atoms. The van der Waals surface area contributed by atoms with Gasteiger partial charge in [0.05, 0.1) is 165 Å². The maximum Gasteiger partial charge on any atom is 0.140 e. The number of ether oxygens (including phenoxy) is 18. The normalized spacial score (nSPS) is 11.3. The lowest BCUT2D eigenvalue weighted by molar-refractivity contribution is -0.127. The van der Waals surface area contributed by atoms with Crippen LogP contribution in [0, 0.1) is 0 Å². The third-order valence-electron chi connectivity index (χ3n) is 19.4. The number of hydrogen-bond acceptors (Lipinski definition) is 22. The molecular formula is C119H234N2O20. The maximum atomic E-state index is 10.9. The van der Waals surface area contributed by atoms with Crippen molar-refractivity contribution in [3.8, 4) is 0 Å². The smallest absolute Gasteiger partial charge is 0.140 e. The highest BCUT2D eigenvalue weighted by Crippen LogP contribution is 2.12. The minimum absolute atomic E-state index is 0.0888. The van der Waals surface area contributed by atoms with Crippen LogP contribution >= 0.6 is 0 Å². The molecule has 1 heterocycles. The number of piperazine rings is 1. The number of nitrogens with zero attached hydrogens (tertiary/aromatic N) is 2. The number of aryl methyl sites for hydroxylation is 6. The van der Waals surface area contributed by atoms with Gasteiger partial charge in [-0.15, -0.1) is 0 Å². The van der Waals surface area contributed by atoms with E-state index in [4.69, 9.17) is 85.3 Å². The molecule has 0 aromatic heterocycles. The van der Waals surface area contributed by atoms with Gasteiger partial charge >= 0.3 is 0 Å². The summed E-state index contributed by atoms with van der Waals surface area (Å²) < 4.78 is 94.6. The Balaban J connectivity index is -0.000000229. The average Bonchev–Trinajstić information content (AvgIpc) is 0.933. The molecule has 1 aliphatic rings. The second-order valence-corrected chi connectivity index (χ2v) is 34.4. The van der Waals surface area contributed by atoms with E-state index in [2.05, 4.69) is 235 Å². The van der Waals surface area contributed by atoms with Crippen molar-refractivity contribution in [1.29, 1.82) is 0 Å². The monoisotopic (exact) mass is 2010 g/mol. The van der Waals surface area contributed by atoms with Gasteiger partial charge < -0.3 is 95.1 Å². The molecule has 3 aromatic rings. The number of hydrogen-bond donors (Lipinski definition) is 0. The molecule has 0 unspecified atom stereocenters. The molecule has 0 atom stereocenters. The molecule has 1 saturated heterocycles. The molecule has 0 radical (unpaired) electrons. The van der Waals surface area contributed by atoms with E-state index >= 15 is 0 Å². The highest BCUT2D eigenvalue weighted by atomic mass is 16.6. The SMILES string of the molecule is CCCC.CCCC(=O)CC(=O)CCC.CCCN1CCN(CCC)CC1.CCCOCCOCCOCCC.CCCOCCOCCOCCC.CCCOCCOCCOCCC.CCCOCCOCCOCCC.CCCOCCOCCOCCC.CCCOCCOCCOCCC.CCCc1ccc(CCC)cc1.CCCc1ccc(CCC)cc1.CCCc1ccc(CCC)cc1. The summed E-state index contributed by atoms with van der Waals surface area (Å²) in [5.74, 6) is 0.178. The zero-order valence-corrected chi connectivity index (χ0v) is 97.0. The fourth-order valence-corrected chi connectivity index (χ4v) is 12.2. The number of Topliss-reactive ketones (excluding diaryl/α,β-unsaturated/α-hetero) is 2. The summed E-state index contributed by atoms with van der Waals surface area (Å²) in [6.45, 7) is 85.4. The fraction of sp³-hybridized carbons (Fsp3) is 0.832. The number of unbranched alkanes of at least 4 members (excludes halogenated alkanes) is 1. The predicted octanol–water partition coefficient (Wildman–Crippen LogP) is 27.3. The summed E-state index contributed by atoms with van der Waals surface area (Å²) in [6, 6.07) is 27.1. The van der Waals surface area contributed by atoms with E-state index in [9.17, 15) is 9.59 Å². The van der Waals surface area contributed by atoms with Gasteiger partial charge in [0.15, 0.2) is 0 Å². The molecule has 3 aromatic carbocycles. The first-order valence-electron chi connectivity index (χ1n) is 57.2. The van der Waals surface area contributed by atoms with Gasteiger partial charge in [-0.25, -0.2) is 0 Å². The van der Waals surface area contributed by atoms with Gasteiger partial charge in [0.25, 0.3) is 0 Å². The molecule has 22 heteroatoms. The van der Waals surface area contributed by atoms with Crippen molar-refractivity contribution in [3.63, 3.8) is 0 Å². The highest BCUT2D eigenvalue weighted by Gasteiger charge is 2.15. The molecule has 4 rings (SSSR count). The van der Waals surface area contributed by atoms with Gasteiger partial charge in [0.1, 0.15) is 11.6 Å². The topological polar surface area (TPSA) is 207 Å². The van der Waals surface area contributed by atoms with Gasteiger partial charge in [-0.1, -0.05) is 290 Å². The third kappa shape index (κ3) is 142. The summed E-state index contributed by atoms with van der Waals surface area (Å²) in [5, 5.41) is 0. The first-order chi connectivity index (χ1) is 69.1. The summed E-state index contributed by atoms with van der Waals surface area (Å²) >= 11 is 0. The summed E-state index contributed by atoms with van der Waals surface area (Å²) in [7, 11) is 0. The van der Waals surface area contributed by atoms with Gasteiger partial charge in [0, 0.05) is 118 Å². The summed E-state index contributed by atoms with van der Waals surface area (Å²) in [5.41, 5.74) is 8.82. The van der Waals surface area contributed by atoms with Crippen LogP contribution in [0.15, 0.2) is 72.8 Å². The van der Waals surface area contributed by atoms with Crippen molar-refractivity contribution in [3.05, 3.63) is 106 Å². The van der Waals surface area contributed by atoms with E-state index < -0.39 is 0 Å². The van der Waals surface area contributed by atoms with Crippen LogP contribution in [-0.4, -0.2) is 298 Å². The van der Waals surface area contributed by atoms with E-state index in [0.29, 0.717) is 171 Å². The zero-order chi connectivity index (χ0) is 106. The third-order valence-corrected chi connectivity index (χ3v) is 19.4. The minimum Gasteiger partial charge on any atom is -0.379 e. The van der Waals surface area contributed by atoms with Crippen LogP contribution in [0.25, 0.3) is 0 Å². The Labute approximate surface area is 872 Å². The molecule has 0 amide bonds. The fourth-order valence-electron chi connectivity index (χ4n) is 12.2. The molecule has 0 N–H and O–H groups in total. The van der Waals surface area contributed by atoms with Crippen LogP contribution in [0.5, 0.6) is 0 Å². The maximum absolute atomic E-state index is 10.9. The number of carbonyl (C=O) groups excluding carboxylic acids is 2. The number of carbonyl (C=O) groups is 2. The van der Waals surface area contributed by atoms with Crippen molar-refractivity contribution in [2.45, 2.75) is 378 Å². The van der Waals surface area contributed by atoms with E-state index in [1.54, 1.807) is 0 Å². The predicted molar refractivity (Wildman–Crippen MR) is 600 cm³/mol. The Hall–Kier alpha value is -3.80. The van der Waals surface area contributed by atoms with Crippen molar-refractivity contribution in [2.75, 3.05) is 277 Å². The van der Waals surface area contributed by atoms with Crippen LogP contribution in [0.3, 0.4) is 0 Å². The first-order valence-corrected chi connectivity index (χ1v) is 57.2. The van der Waals surface area contributed by atoms with Crippen LogP contribution in [0.1, 0.15) is 373 Å². The van der Waals surface area contributed by atoms with Crippen LogP contribution in [0.2, 0.25) is 0 Å². The van der Waals surface area contributed by atoms with Gasteiger partial charge in [-0.05, 0) is 188 Å². The Bertz CT molecular complexity index is 2150. The van der Waals surface area contributed by atoms with Gasteiger partial charge in [-0.3, -0.25) is 9.59 Å². The van der Waals surface area contributed by atoms with E-state index in [1.165, 1.54) is 175 Å². The van der Waals surface area contributed by atoms with E-state index in [0.717, 1.165) is 169 Å². The quantitative estimate of drug-likeness (QED) is 0.0380. The lowest BCUT2D eigenvalue weighted by atomic mass is 10.1. The lowest BCUT2D eigenvalue weighted by Gasteiger charge is -2.34. The Morgan fingerprint density at radius 3 is 0.376 bits per heavy atom. The lowest BCUT2D eigenvalue weighted by Crippen LogP contribution is -2.46. The van der Waals surface area contributed by atoms with Gasteiger partial charge in [0.2, 0.25) is 0 Å². The zero-order valence-electron chi connectivity index (χ0n) is 97.0. The molecular weight excluding hydrogens is 1780 g/mol. The Kier molecular flexibility index (Phi) is 156. The first kappa shape index (κ1) is 152. The second-order valence-electron chi connectivity index (χ2n) is 34.4. The molecule has 0 spiro atoms. The van der Waals surface area contributed by atoms with Gasteiger partial charge in [-0.2, -0.15) is 0 Å². The summed E-state index contributed by atoms with van der Waals surface area (Å²) in [6.07, 6.45) is 35.8. The van der Waals surface area contributed by atoms with Crippen molar-refractivity contribution in [1.82, 2.24) is 9.80 Å². The van der Waals surface area contributed by atoms with Crippen molar-refractivity contribution >= 4 is 11.6 Å². The average molecular weight is 2010 g/mol. The van der Waals surface area contributed by atoms with Crippen LogP contribution in [0.4, 0.5) is 0 Å². The highest BCUT2D eigenvalue weighted by molar-refractivity contribution is 5.98. The molecule has 840 valence electrons. The van der Waals surface area contributed by atoms with Crippen LogP contribution < -0.4 is 0 Å². The number of benzene rings is 3. The number of rotatable bonds is 83. The largest absolute Gasteiger partial charge is 0.379 e. The minimum atomic E-state index is 0.0888. The van der Waals surface area contributed by atoms with Crippen molar-refractivity contribution in [2.24, 2.45) is 0 Å². The standard InChI is InChI=1S/3C12H18.C10H22N2.6C10H22O3.C9H16O2.C4H10/c4*1-3-5-11-7-9-12(6-4-2)10-8-11;6*1-3-5-11-7-9-13-10-8-12-6-4-2;1-3-5-8(10)7-9(11)6-4-2;1-3-4-2/h3*7-10H,3-6H2,1-2H3;3-10H2,1-2H3;6*3-10H2,1-2H3;3-7H2,1-2H3;3-4H2,1-2H3. The molecule has 0 aliphatic carbocycles. The Morgan fingerprint density at radius 1 is 0.163 bits per heavy atom. The molecule has 22 nitrogen and oxygen atoms in total. The number of ketones is 2. The molecule has 1 fully saturated rings. The second kappa shape index (κ2) is 145.